The minimum atomic E-state index is -0.523. The normalized spacial score (nSPS) is 11.9. The van der Waals surface area contributed by atoms with Crippen molar-refractivity contribution in [2.45, 2.75) is 20.3 Å². The first-order valence-electron chi connectivity index (χ1n) is 6.09. The van der Waals surface area contributed by atoms with Crippen molar-refractivity contribution in [1.82, 2.24) is 5.32 Å². The van der Waals surface area contributed by atoms with E-state index in [1.165, 1.54) is 12.1 Å². The Labute approximate surface area is 111 Å². The molecule has 0 radical (unpaired) electrons. The monoisotopic (exact) mass is 266 g/mol. The van der Waals surface area contributed by atoms with E-state index < -0.39 is 4.92 Å². The van der Waals surface area contributed by atoms with E-state index >= 15 is 0 Å². The molecule has 0 bridgehead atoms. The molecule has 0 saturated heterocycles. The van der Waals surface area contributed by atoms with Crippen LogP contribution in [-0.2, 0) is 0 Å². The van der Waals surface area contributed by atoms with Gasteiger partial charge in [0, 0.05) is 30.8 Å². The molecule has 1 aromatic rings. The lowest BCUT2D eigenvalue weighted by atomic mass is 10.1. The number of nitro groups is 1. The summed E-state index contributed by atoms with van der Waals surface area (Å²) in [6, 6.07) is 4.21. The Morgan fingerprint density at radius 1 is 1.53 bits per heavy atom. The largest absolute Gasteiger partial charge is 0.396 e. The average Bonchev–Trinajstić information content (AvgIpc) is 2.36. The smallest absolute Gasteiger partial charge is 0.270 e. The molecule has 0 fully saturated rings. The Morgan fingerprint density at radius 2 is 2.21 bits per heavy atom. The van der Waals surface area contributed by atoms with Gasteiger partial charge in [-0.1, -0.05) is 13.0 Å². The number of non-ortho nitro benzene ring substituents is 1. The lowest BCUT2D eigenvalue weighted by Gasteiger charge is -2.12. The number of nitrogens with one attached hydrogen (secondary N) is 1. The van der Waals surface area contributed by atoms with Crippen molar-refractivity contribution in [3.05, 3.63) is 39.4 Å². The Hall–Kier alpha value is -1.95. The number of nitro benzene ring substituents is 1. The van der Waals surface area contributed by atoms with Gasteiger partial charge in [-0.2, -0.15) is 0 Å². The van der Waals surface area contributed by atoms with Crippen molar-refractivity contribution in [2.75, 3.05) is 13.2 Å². The van der Waals surface area contributed by atoms with Gasteiger partial charge in [0.25, 0.3) is 11.6 Å². The summed E-state index contributed by atoms with van der Waals surface area (Å²) in [4.78, 5) is 22.1. The zero-order chi connectivity index (χ0) is 14.4. The fraction of sp³-hybridized carbons (Fsp3) is 0.462. The van der Waals surface area contributed by atoms with Crippen LogP contribution in [0, 0.1) is 23.0 Å². The fourth-order valence-electron chi connectivity index (χ4n) is 1.65. The van der Waals surface area contributed by atoms with Crippen LogP contribution in [0.3, 0.4) is 0 Å². The zero-order valence-electron chi connectivity index (χ0n) is 11.0. The van der Waals surface area contributed by atoms with Gasteiger partial charge in [-0.3, -0.25) is 14.9 Å². The molecule has 1 amide bonds. The molecule has 19 heavy (non-hydrogen) atoms. The highest BCUT2D eigenvalue weighted by atomic mass is 16.6. The number of hydrogen-bond donors (Lipinski definition) is 2. The number of hydrogen-bond acceptors (Lipinski definition) is 4. The summed E-state index contributed by atoms with van der Waals surface area (Å²) < 4.78 is 0. The third-order valence-electron chi connectivity index (χ3n) is 2.91. The van der Waals surface area contributed by atoms with Crippen LogP contribution in [0.4, 0.5) is 5.69 Å². The highest BCUT2D eigenvalue weighted by molar-refractivity contribution is 5.96. The number of aryl methyl sites for hydroxylation is 1. The maximum Gasteiger partial charge on any atom is 0.270 e. The molecule has 0 spiro atoms. The Kier molecular flexibility index (Phi) is 5.44. The molecule has 0 aliphatic heterocycles. The standard InChI is InChI=1S/C13H18N2O4/c1-9(5-6-16)8-14-13(17)12-7-11(15(18)19)4-3-10(12)2/h3-4,7,9,16H,5-6,8H2,1-2H3,(H,14,17). The SMILES string of the molecule is Cc1ccc([N+](=O)[O-])cc1C(=O)NCC(C)CCO. The number of carbonyl (C=O) groups is 1. The number of amides is 1. The van der Waals surface area contributed by atoms with Gasteiger partial charge in [-0.25, -0.2) is 0 Å². The summed E-state index contributed by atoms with van der Waals surface area (Å²) in [6.07, 6.45) is 0.605. The molecule has 0 aliphatic carbocycles. The van der Waals surface area contributed by atoms with E-state index in [2.05, 4.69) is 5.32 Å². The van der Waals surface area contributed by atoms with Crippen LogP contribution in [0.25, 0.3) is 0 Å². The molecule has 2 N–H and O–H groups in total. The minimum Gasteiger partial charge on any atom is -0.396 e. The van der Waals surface area contributed by atoms with Gasteiger partial charge in [0.2, 0.25) is 0 Å². The molecule has 104 valence electrons. The number of nitrogens with zero attached hydrogens (tertiary/aromatic N) is 1. The van der Waals surface area contributed by atoms with E-state index in [9.17, 15) is 14.9 Å². The van der Waals surface area contributed by atoms with E-state index in [1.807, 2.05) is 6.92 Å². The number of benzene rings is 1. The first-order chi connectivity index (χ1) is 8.95. The number of carbonyl (C=O) groups excluding carboxylic acids is 1. The lowest BCUT2D eigenvalue weighted by molar-refractivity contribution is -0.384. The Morgan fingerprint density at radius 3 is 2.79 bits per heavy atom. The maximum absolute atomic E-state index is 12.0. The molecule has 0 heterocycles. The van der Waals surface area contributed by atoms with Crippen molar-refractivity contribution in [2.24, 2.45) is 5.92 Å². The number of aliphatic hydroxyl groups is 1. The van der Waals surface area contributed by atoms with E-state index in [0.717, 1.165) is 0 Å². The van der Waals surface area contributed by atoms with Crippen LogP contribution in [0.2, 0.25) is 0 Å². The van der Waals surface area contributed by atoms with Crippen LogP contribution < -0.4 is 5.32 Å². The molecule has 1 aromatic carbocycles. The van der Waals surface area contributed by atoms with Gasteiger partial charge in [0.15, 0.2) is 0 Å². The molecule has 1 rings (SSSR count). The minimum absolute atomic E-state index is 0.0763. The lowest BCUT2D eigenvalue weighted by Crippen LogP contribution is -2.29. The highest BCUT2D eigenvalue weighted by Crippen LogP contribution is 2.17. The van der Waals surface area contributed by atoms with E-state index in [4.69, 9.17) is 5.11 Å². The number of aliphatic hydroxyl groups excluding tert-OH is 1. The second-order valence-electron chi connectivity index (χ2n) is 4.58. The summed E-state index contributed by atoms with van der Waals surface area (Å²) in [5, 5.41) is 22.2. The molecule has 0 saturated carbocycles. The molecule has 0 aliphatic rings. The first-order valence-corrected chi connectivity index (χ1v) is 6.09. The van der Waals surface area contributed by atoms with E-state index in [-0.39, 0.29) is 24.1 Å². The van der Waals surface area contributed by atoms with Crippen molar-refractivity contribution in [3.63, 3.8) is 0 Å². The van der Waals surface area contributed by atoms with Crippen molar-refractivity contribution >= 4 is 11.6 Å². The summed E-state index contributed by atoms with van der Waals surface area (Å²) in [7, 11) is 0. The second-order valence-corrected chi connectivity index (χ2v) is 4.58. The summed E-state index contributed by atoms with van der Waals surface area (Å²) in [6.45, 7) is 4.15. The summed E-state index contributed by atoms with van der Waals surface area (Å²) >= 11 is 0. The Balaban J connectivity index is 2.76. The fourth-order valence-corrected chi connectivity index (χ4v) is 1.65. The topological polar surface area (TPSA) is 92.5 Å². The van der Waals surface area contributed by atoms with Crippen molar-refractivity contribution in [1.29, 1.82) is 0 Å². The van der Waals surface area contributed by atoms with Crippen molar-refractivity contribution < 1.29 is 14.8 Å². The van der Waals surface area contributed by atoms with Crippen LogP contribution in [0.5, 0.6) is 0 Å². The van der Waals surface area contributed by atoms with Gasteiger partial charge < -0.3 is 10.4 Å². The first kappa shape index (κ1) is 15.1. The van der Waals surface area contributed by atoms with Gasteiger partial charge in [0.1, 0.15) is 0 Å². The molecule has 6 nitrogen and oxygen atoms in total. The maximum atomic E-state index is 12.0. The predicted octanol–water partition coefficient (Wildman–Crippen LogP) is 1.65. The molecule has 1 unspecified atom stereocenters. The van der Waals surface area contributed by atoms with Crippen LogP contribution in [0.1, 0.15) is 29.3 Å². The van der Waals surface area contributed by atoms with Crippen LogP contribution >= 0.6 is 0 Å². The average molecular weight is 266 g/mol. The molecule has 6 heteroatoms. The second kappa shape index (κ2) is 6.84. The molecule has 0 aromatic heterocycles. The van der Waals surface area contributed by atoms with Crippen LogP contribution in [-0.4, -0.2) is 29.1 Å². The Bertz CT molecular complexity index is 474. The van der Waals surface area contributed by atoms with Gasteiger partial charge in [-0.15, -0.1) is 0 Å². The zero-order valence-corrected chi connectivity index (χ0v) is 11.0. The van der Waals surface area contributed by atoms with E-state index in [0.29, 0.717) is 24.1 Å². The third kappa shape index (κ3) is 4.33. The predicted molar refractivity (Wildman–Crippen MR) is 71.0 cm³/mol. The quantitative estimate of drug-likeness (QED) is 0.605. The van der Waals surface area contributed by atoms with Gasteiger partial charge in [0.05, 0.1) is 4.92 Å². The number of rotatable bonds is 6. The molecular weight excluding hydrogens is 248 g/mol. The van der Waals surface area contributed by atoms with Crippen molar-refractivity contribution in [3.8, 4) is 0 Å². The molecular formula is C13H18N2O4. The summed E-state index contributed by atoms with van der Waals surface area (Å²) in [5.41, 5.74) is 0.905. The third-order valence-corrected chi connectivity index (χ3v) is 2.91. The van der Waals surface area contributed by atoms with Gasteiger partial charge in [-0.05, 0) is 24.8 Å². The van der Waals surface area contributed by atoms with E-state index in [1.54, 1.807) is 13.0 Å². The van der Waals surface area contributed by atoms with Gasteiger partial charge >= 0.3 is 0 Å². The summed E-state index contributed by atoms with van der Waals surface area (Å²) in [5.74, 6) is -0.168. The highest BCUT2D eigenvalue weighted by Gasteiger charge is 2.15. The van der Waals surface area contributed by atoms with Crippen LogP contribution in [0.15, 0.2) is 18.2 Å². The molecule has 1 atom stereocenters.